The number of amides is 2. The van der Waals surface area contributed by atoms with Gasteiger partial charge in [0.15, 0.2) is 6.61 Å². The minimum Gasteiger partial charge on any atom is -0.483 e. The Morgan fingerprint density at radius 2 is 1.61 bits per heavy atom. The zero-order chi connectivity index (χ0) is 23.2. The van der Waals surface area contributed by atoms with Crippen molar-refractivity contribution in [1.82, 2.24) is 10.2 Å². The molecule has 1 atom stereocenters. The van der Waals surface area contributed by atoms with Gasteiger partial charge in [-0.05, 0) is 50.3 Å². The van der Waals surface area contributed by atoms with Crippen LogP contribution in [-0.2, 0) is 21.5 Å². The normalized spacial score (nSPS) is 12.4. The standard InChI is InChI=1S/C26H36N2O3/c1-18(2)27-25(30)20(4)28(16-21-14-12-19(3)13-15-21)24(29)17-31-23-11-9-8-10-22(23)26(5,6)7/h8-15,18,20H,16-17H2,1-7H3,(H,27,30). The summed E-state index contributed by atoms with van der Waals surface area (Å²) in [5, 5.41) is 2.90. The van der Waals surface area contributed by atoms with Gasteiger partial charge in [0.25, 0.3) is 5.91 Å². The van der Waals surface area contributed by atoms with Crippen LogP contribution in [0.4, 0.5) is 0 Å². The summed E-state index contributed by atoms with van der Waals surface area (Å²) in [4.78, 5) is 27.4. The SMILES string of the molecule is Cc1ccc(CN(C(=O)COc2ccccc2C(C)(C)C)C(C)C(=O)NC(C)C)cc1. The largest absolute Gasteiger partial charge is 0.483 e. The summed E-state index contributed by atoms with van der Waals surface area (Å²) in [5.74, 6) is 0.291. The molecule has 0 aliphatic heterocycles. The van der Waals surface area contributed by atoms with Crippen molar-refractivity contribution >= 4 is 11.8 Å². The highest BCUT2D eigenvalue weighted by Crippen LogP contribution is 2.31. The van der Waals surface area contributed by atoms with E-state index in [-0.39, 0.29) is 29.9 Å². The highest BCUT2D eigenvalue weighted by atomic mass is 16.5. The van der Waals surface area contributed by atoms with Crippen molar-refractivity contribution in [3.8, 4) is 5.75 Å². The highest BCUT2D eigenvalue weighted by Gasteiger charge is 2.27. The first kappa shape index (κ1) is 24.4. The van der Waals surface area contributed by atoms with Gasteiger partial charge in [-0.25, -0.2) is 0 Å². The van der Waals surface area contributed by atoms with E-state index in [0.29, 0.717) is 12.3 Å². The van der Waals surface area contributed by atoms with Gasteiger partial charge < -0.3 is 15.0 Å². The number of hydrogen-bond acceptors (Lipinski definition) is 3. The van der Waals surface area contributed by atoms with E-state index in [2.05, 4.69) is 26.1 Å². The lowest BCUT2D eigenvalue weighted by Gasteiger charge is -2.30. The number of hydrogen-bond donors (Lipinski definition) is 1. The monoisotopic (exact) mass is 424 g/mol. The van der Waals surface area contributed by atoms with E-state index in [9.17, 15) is 9.59 Å². The molecule has 0 aromatic heterocycles. The zero-order valence-electron chi connectivity index (χ0n) is 19.9. The van der Waals surface area contributed by atoms with Crippen molar-refractivity contribution in [2.24, 2.45) is 0 Å². The molecule has 1 N–H and O–H groups in total. The number of carbonyl (C=O) groups excluding carboxylic acids is 2. The van der Waals surface area contributed by atoms with Gasteiger partial charge in [-0.15, -0.1) is 0 Å². The molecule has 0 saturated carbocycles. The number of benzene rings is 2. The van der Waals surface area contributed by atoms with Crippen LogP contribution >= 0.6 is 0 Å². The van der Waals surface area contributed by atoms with Crippen molar-refractivity contribution in [3.05, 3.63) is 65.2 Å². The van der Waals surface area contributed by atoms with E-state index in [4.69, 9.17) is 4.74 Å². The summed E-state index contributed by atoms with van der Waals surface area (Å²) in [5.41, 5.74) is 3.05. The molecule has 2 rings (SSSR count). The summed E-state index contributed by atoms with van der Waals surface area (Å²) in [6, 6.07) is 15.1. The van der Waals surface area contributed by atoms with E-state index in [1.54, 1.807) is 11.8 Å². The summed E-state index contributed by atoms with van der Waals surface area (Å²) >= 11 is 0. The molecule has 0 heterocycles. The summed E-state index contributed by atoms with van der Waals surface area (Å²) in [7, 11) is 0. The number of ether oxygens (including phenoxy) is 1. The predicted molar refractivity (Wildman–Crippen MR) is 125 cm³/mol. The van der Waals surface area contributed by atoms with Crippen LogP contribution in [0.5, 0.6) is 5.75 Å². The lowest BCUT2D eigenvalue weighted by atomic mass is 9.86. The van der Waals surface area contributed by atoms with Crippen LogP contribution in [-0.4, -0.2) is 35.4 Å². The van der Waals surface area contributed by atoms with E-state index >= 15 is 0 Å². The molecule has 1 unspecified atom stereocenters. The van der Waals surface area contributed by atoms with Gasteiger partial charge >= 0.3 is 0 Å². The minimum absolute atomic E-state index is 0.00110. The molecule has 31 heavy (non-hydrogen) atoms. The predicted octanol–water partition coefficient (Wildman–Crippen LogP) is 4.61. The Morgan fingerprint density at radius 1 is 1.00 bits per heavy atom. The molecule has 0 spiro atoms. The molecular weight excluding hydrogens is 388 g/mol. The highest BCUT2D eigenvalue weighted by molar-refractivity contribution is 5.88. The van der Waals surface area contributed by atoms with Crippen LogP contribution in [0.25, 0.3) is 0 Å². The van der Waals surface area contributed by atoms with Crippen molar-refractivity contribution in [3.63, 3.8) is 0 Å². The lowest BCUT2D eigenvalue weighted by molar-refractivity contribution is -0.142. The maximum Gasteiger partial charge on any atom is 0.261 e. The Bertz CT molecular complexity index is 882. The van der Waals surface area contributed by atoms with Crippen LogP contribution in [0, 0.1) is 6.92 Å². The van der Waals surface area contributed by atoms with Crippen molar-refractivity contribution in [1.29, 1.82) is 0 Å². The molecule has 0 bridgehead atoms. The van der Waals surface area contributed by atoms with Gasteiger partial charge in [-0.1, -0.05) is 68.8 Å². The molecule has 2 amide bonds. The smallest absolute Gasteiger partial charge is 0.261 e. The second-order valence-corrected chi connectivity index (χ2v) is 9.38. The van der Waals surface area contributed by atoms with Gasteiger partial charge in [0.2, 0.25) is 5.91 Å². The number of nitrogens with one attached hydrogen (secondary N) is 1. The fourth-order valence-electron chi connectivity index (χ4n) is 3.31. The fraction of sp³-hybridized carbons (Fsp3) is 0.462. The Kier molecular flexibility index (Phi) is 8.26. The number of carbonyl (C=O) groups is 2. The minimum atomic E-state index is -0.613. The molecule has 0 aliphatic rings. The van der Waals surface area contributed by atoms with Crippen LogP contribution in [0.2, 0.25) is 0 Å². The van der Waals surface area contributed by atoms with E-state index in [1.165, 1.54) is 0 Å². The summed E-state index contributed by atoms with van der Waals surface area (Å²) < 4.78 is 5.95. The van der Waals surface area contributed by atoms with Gasteiger partial charge in [-0.2, -0.15) is 0 Å². The Balaban J connectivity index is 2.21. The van der Waals surface area contributed by atoms with Crippen LogP contribution in [0.15, 0.2) is 48.5 Å². The quantitative estimate of drug-likeness (QED) is 0.673. The number of nitrogens with zero attached hydrogens (tertiary/aromatic N) is 1. The first-order valence-electron chi connectivity index (χ1n) is 10.9. The van der Waals surface area contributed by atoms with Gasteiger partial charge in [0, 0.05) is 12.6 Å². The van der Waals surface area contributed by atoms with Crippen LogP contribution < -0.4 is 10.1 Å². The van der Waals surface area contributed by atoms with E-state index < -0.39 is 6.04 Å². The fourth-order valence-corrected chi connectivity index (χ4v) is 3.31. The number of para-hydroxylation sites is 1. The topological polar surface area (TPSA) is 58.6 Å². The first-order valence-corrected chi connectivity index (χ1v) is 10.9. The third kappa shape index (κ3) is 7.12. The average molecular weight is 425 g/mol. The molecule has 0 aliphatic carbocycles. The molecule has 2 aromatic rings. The molecule has 0 radical (unpaired) electrons. The zero-order valence-corrected chi connectivity index (χ0v) is 19.9. The second-order valence-electron chi connectivity index (χ2n) is 9.38. The van der Waals surface area contributed by atoms with E-state index in [1.807, 2.05) is 69.3 Å². The number of aryl methyl sites for hydroxylation is 1. The summed E-state index contributed by atoms with van der Waals surface area (Å²) in [6.07, 6.45) is 0. The van der Waals surface area contributed by atoms with Gasteiger partial charge in [-0.3, -0.25) is 9.59 Å². The maximum absolute atomic E-state index is 13.2. The third-order valence-electron chi connectivity index (χ3n) is 5.12. The molecule has 5 heteroatoms. The first-order chi connectivity index (χ1) is 14.5. The van der Waals surface area contributed by atoms with Crippen LogP contribution in [0.1, 0.15) is 58.2 Å². The Labute approximate surface area is 186 Å². The molecule has 2 aromatic carbocycles. The molecular formula is C26H36N2O3. The summed E-state index contributed by atoms with van der Waals surface area (Å²) in [6.45, 7) is 14.1. The van der Waals surface area contributed by atoms with Gasteiger partial charge in [0.05, 0.1) is 0 Å². The molecule has 0 saturated heterocycles. The van der Waals surface area contributed by atoms with E-state index in [0.717, 1.165) is 16.7 Å². The molecule has 168 valence electrons. The lowest BCUT2D eigenvalue weighted by Crippen LogP contribution is -2.50. The second kappa shape index (κ2) is 10.5. The molecule has 0 fully saturated rings. The number of rotatable bonds is 8. The van der Waals surface area contributed by atoms with Crippen molar-refractivity contribution in [2.75, 3.05) is 6.61 Å². The van der Waals surface area contributed by atoms with Crippen molar-refractivity contribution in [2.45, 2.75) is 72.5 Å². The third-order valence-corrected chi connectivity index (χ3v) is 5.12. The van der Waals surface area contributed by atoms with Crippen molar-refractivity contribution < 1.29 is 14.3 Å². The van der Waals surface area contributed by atoms with Crippen LogP contribution in [0.3, 0.4) is 0 Å². The maximum atomic E-state index is 13.2. The molecule has 5 nitrogen and oxygen atoms in total. The Morgan fingerprint density at radius 3 is 2.19 bits per heavy atom. The average Bonchev–Trinajstić information content (AvgIpc) is 2.70. The Hall–Kier alpha value is -2.82. The van der Waals surface area contributed by atoms with Gasteiger partial charge in [0.1, 0.15) is 11.8 Å².